The fourth-order valence-corrected chi connectivity index (χ4v) is 2.00. The van der Waals surface area contributed by atoms with E-state index in [9.17, 15) is 4.79 Å². The minimum atomic E-state index is -0.236. The number of hydrogen-bond donors (Lipinski definition) is 0. The van der Waals surface area contributed by atoms with E-state index in [1.54, 1.807) is 0 Å². The van der Waals surface area contributed by atoms with E-state index in [4.69, 9.17) is 0 Å². The van der Waals surface area contributed by atoms with Crippen molar-refractivity contribution in [3.05, 3.63) is 11.6 Å². The van der Waals surface area contributed by atoms with E-state index < -0.39 is 0 Å². The minimum absolute atomic E-state index is 0.236. The van der Waals surface area contributed by atoms with Gasteiger partial charge in [-0.05, 0) is 39.0 Å². The predicted molar refractivity (Wildman–Crippen MR) is 50.9 cm³/mol. The number of aldehydes is 1. The molecule has 0 fully saturated rings. The number of carbonyl (C=O) groups is 1. The highest BCUT2D eigenvalue weighted by molar-refractivity contribution is 5.64. The van der Waals surface area contributed by atoms with Crippen molar-refractivity contribution >= 4 is 6.29 Å². The third-order valence-electron chi connectivity index (χ3n) is 2.78. The molecule has 0 aromatic carbocycles. The summed E-state index contributed by atoms with van der Waals surface area (Å²) in [7, 11) is 0. The summed E-state index contributed by atoms with van der Waals surface area (Å²) in [6.45, 7) is 6.23. The molecule has 0 heterocycles. The van der Waals surface area contributed by atoms with Crippen LogP contribution in [0.2, 0.25) is 0 Å². The maximum atomic E-state index is 10.8. The average molecular weight is 166 g/mol. The van der Waals surface area contributed by atoms with Crippen molar-refractivity contribution in [1.29, 1.82) is 0 Å². The van der Waals surface area contributed by atoms with Crippen LogP contribution in [-0.2, 0) is 4.79 Å². The second-order valence-corrected chi connectivity index (χ2v) is 4.33. The van der Waals surface area contributed by atoms with Crippen LogP contribution in [0.3, 0.4) is 0 Å². The Morgan fingerprint density at radius 2 is 2.25 bits per heavy atom. The van der Waals surface area contributed by atoms with Gasteiger partial charge < -0.3 is 4.79 Å². The smallest absolute Gasteiger partial charge is 0.129 e. The van der Waals surface area contributed by atoms with Crippen LogP contribution in [0.15, 0.2) is 11.6 Å². The van der Waals surface area contributed by atoms with E-state index in [2.05, 4.69) is 13.0 Å². The Balaban J connectivity index is 2.85. The normalized spacial score (nSPS) is 24.9. The molecule has 0 bridgehead atoms. The zero-order valence-corrected chi connectivity index (χ0v) is 8.26. The van der Waals surface area contributed by atoms with Gasteiger partial charge in [0.1, 0.15) is 6.29 Å². The van der Waals surface area contributed by atoms with E-state index in [1.165, 1.54) is 18.4 Å². The molecule has 1 heteroatoms. The van der Waals surface area contributed by atoms with E-state index in [0.29, 0.717) is 5.92 Å². The van der Waals surface area contributed by atoms with Gasteiger partial charge in [-0.2, -0.15) is 0 Å². The quantitative estimate of drug-likeness (QED) is 0.455. The summed E-state index contributed by atoms with van der Waals surface area (Å²) in [5, 5.41) is 0. The number of rotatable bonds is 2. The van der Waals surface area contributed by atoms with Crippen LogP contribution in [0.5, 0.6) is 0 Å². The van der Waals surface area contributed by atoms with Crippen molar-refractivity contribution in [2.24, 2.45) is 11.3 Å². The summed E-state index contributed by atoms with van der Waals surface area (Å²) in [4.78, 5) is 10.8. The lowest BCUT2D eigenvalue weighted by atomic mass is 9.74. The van der Waals surface area contributed by atoms with Gasteiger partial charge in [-0.3, -0.25) is 0 Å². The van der Waals surface area contributed by atoms with Crippen molar-refractivity contribution in [3.63, 3.8) is 0 Å². The topological polar surface area (TPSA) is 17.1 Å². The van der Waals surface area contributed by atoms with Gasteiger partial charge in [-0.15, -0.1) is 0 Å². The molecule has 0 spiro atoms. The molecule has 68 valence electrons. The Kier molecular flexibility index (Phi) is 2.71. The molecule has 1 rings (SSSR count). The van der Waals surface area contributed by atoms with Crippen LogP contribution in [-0.4, -0.2) is 6.29 Å². The van der Waals surface area contributed by atoms with Gasteiger partial charge in [0.2, 0.25) is 0 Å². The zero-order valence-electron chi connectivity index (χ0n) is 8.26. The number of allylic oxidation sites excluding steroid dienone is 2. The summed E-state index contributed by atoms with van der Waals surface area (Å²) in [6.07, 6.45) is 6.99. The van der Waals surface area contributed by atoms with Gasteiger partial charge in [-0.25, -0.2) is 0 Å². The van der Waals surface area contributed by atoms with Crippen LogP contribution >= 0.6 is 0 Å². The van der Waals surface area contributed by atoms with Crippen LogP contribution in [0.25, 0.3) is 0 Å². The average Bonchev–Trinajstić information content (AvgIpc) is 2.05. The highest BCUT2D eigenvalue weighted by Crippen LogP contribution is 2.36. The molecule has 1 nitrogen and oxygen atoms in total. The lowest BCUT2D eigenvalue weighted by Gasteiger charge is -2.30. The second kappa shape index (κ2) is 3.42. The van der Waals surface area contributed by atoms with Gasteiger partial charge in [0.25, 0.3) is 0 Å². The van der Waals surface area contributed by atoms with Crippen molar-refractivity contribution in [2.75, 3.05) is 0 Å². The predicted octanol–water partition coefficient (Wildman–Crippen LogP) is 2.96. The van der Waals surface area contributed by atoms with Gasteiger partial charge >= 0.3 is 0 Å². The first-order valence-electron chi connectivity index (χ1n) is 4.75. The third-order valence-corrected chi connectivity index (χ3v) is 2.78. The van der Waals surface area contributed by atoms with E-state index in [-0.39, 0.29) is 5.41 Å². The molecule has 0 aromatic heterocycles. The molecule has 0 saturated carbocycles. The van der Waals surface area contributed by atoms with Crippen molar-refractivity contribution < 1.29 is 4.79 Å². The van der Waals surface area contributed by atoms with Crippen molar-refractivity contribution in [2.45, 2.75) is 40.0 Å². The SMILES string of the molecule is CC1CCCC=C1C(C)(C)C=O. The third kappa shape index (κ3) is 1.77. The maximum absolute atomic E-state index is 10.8. The Labute approximate surface area is 74.9 Å². The van der Waals surface area contributed by atoms with Crippen molar-refractivity contribution in [1.82, 2.24) is 0 Å². The summed E-state index contributed by atoms with van der Waals surface area (Å²) < 4.78 is 0. The lowest BCUT2D eigenvalue weighted by Crippen LogP contribution is -2.23. The molecule has 1 unspecified atom stereocenters. The monoisotopic (exact) mass is 166 g/mol. The van der Waals surface area contributed by atoms with Gasteiger partial charge in [0, 0.05) is 5.41 Å². The summed E-state index contributed by atoms with van der Waals surface area (Å²) in [6, 6.07) is 0. The van der Waals surface area contributed by atoms with Crippen LogP contribution in [0.4, 0.5) is 0 Å². The second-order valence-electron chi connectivity index (χ2n) is 4.33. The Morgan fingerprint density at radius 1 is 1.58 bits per heavy atom. The van der Waals surface area contributed by atoms with Crippen LogP contribution in [0.1, 0.15) is 40.0 Å². The molecule has 12 heavy (non-hydrogen) atoms. The molecule has 0 aromatic rings. The first-order chi connectivity index (χ1) is 5.58. The van der Waals surface area contributed by atoms with Gasteiger partial charge in [-0.1, -0.05) is 18.6 Å². The molecule has 1 aliphatic rings. The first kappa shape index (κ1) is 9.50. The minimum Gasteiger partial charge on any atom is -0.302 e. The maximum Gasteiger partial charge on any atom is 0.129 e. The summed E-state index contributed by atoms with van der Waals surface area (Å²) >= 11 is 0. The molecule has 0 amide bonds. The lowest BCUT2D eigenvalue weighted by molar-refractivity contribution is -0.113. The Hall–Kier alpha value is -0.590. The number of hydrogen-bond acceptors (Lipinski definition) is 1. The number of carbonyl (C=O) groups excluding carboxylic acids is 1. The molecule has 0 N–H and O–H groups in total. The Bertz CT molecular complexity index is 201. The van der Waals surface area contributed by atoms with Crippen molar-refractivity contribution in [3.8, 4) is 0 Å². The highest BCUT2D eigenvalue weighted by Gasteiger charge is 2.27. The van der Waals surface area contributed by atoms with Gasteiger partial charge in [0.15, 0.2) is 0 Å². The fourth-order valence-electron chi connectivity index (χ4n) is 2.00. The Morgan fingerprint density at radius 3 is 2.75 bits per heavy atom. The highest BCUT2D eigenvalue weighted by atomic mass is 16.1. The van der Waals surface area contributed by atoms with Crippen LogP contribution in [0, 0.1) is 11.3 Å². The summed E-state index contributed by atoms with van der Waals surface area (Å²) in [5.74, 6) is 0.596. The van der Waals surface area contributed by atoms with E-state index >= 15 is 0 Å². The van der Waals surface area contributed by atoms with Gasteiger partial charge in [0.05, 0.1) is 0 Å². The van der Waals surface area contributed by atoms with E-state index in [0.717, 1.165) is 12.7 Å². The largest absolute Gasteiger partial charge is 0.302 e. The molecular formula is C11H18O. The summed E-state index contributed by atoms with van der Waals surface area (Å²) in [5.41, 5.74) is 1.10. The molecule has 0 aliphatic heterocycles. The molecular weight excluding hydrogens is 148 g/mol. The molecule has 1 aliphatic carbocycles. The van der Waals surface area contributed by atoms with Crippen LogP contribution < -0.4 is 0 Å². The molecule has 1 atom stereocenters. The zero-order chi connectivity index (χ0) is 9.19. The first-order valence-corrected chi connectivity index (χ1v) is 4.75. The standard InChI is InChI=1S/C11H18O/c1-9-6-4-5-7-10(9)11(2,3)8-12/h7-9H,4-6H2,1-3H3. The van der Waals surface area contributed by atoms with E-state index in [1.807, 2.05) is 13.8 Å². The molecule has 0 saturated heterocycles. The molecule has 0 radical (unpaired) electrons. The fraction of sp³-hybridized carbons (Fsp3) is 0.727.